The topological polar surface area (TPSA) is 60.0 Å². The Balaban J connectivity index is 1.45. The molecule has 0 aliphatic carbocycles. The lowest BCUT2D eigenvalue weighted by Gasteiger charge is -2.41. The van der Waals surface area contributed by atoms with Crippen molar-refractivity contribution in [2.45, 2.75) is 50.9 Å². The van der Waals surface area contributed by atoms with Crippen LogP contribution in [0.15, 0.2) is 18.2 Å². The number of rotatable bonds is 5. The van der Waals surface area contributed by atoms with Gasteiger partial charge < -0.3 is 24.6 Å². The van der Waals surface area contributed by atoms with Crippen molar-refractivity contribution < 1.29 is 19.3 Å². The first-order chi connectivity index (χ1) is 10.5. The lowest BCUT2D eigenvalue weighted by atomic mass is 9.82. The number of hydrogen-bond acceptors (Lipinski definition) is 5. The summed E-state index contributed by atoms with van der Waals surface area (Å²) >= 11 is 0. The Kier molecular flexibility index (Phi) is 4.30. The molecule has 0 spiro atoms. The van der Waals surface area contributed by atoms with Crippen LogP contribution in [0.3, 0.4) is 0 Å². The van der Waals surface area contributed by atoms with E-state index in [1.165, 1.54) is 0 Å². The molecule has 0 saturated carbocycles. The van der Waals surface area contributed by atoms with Crippen molar-refractivity contribution in [2.75, 3.05) is 19.9 Å². The van der Waals surface area contributed by atoms with Crippen molar-refractivity contribution in [1.29, 1.82) is 0 Å². The van der Waals surface area contributed by atoms with Gasteiger partial charge in [-0.15, -0.1) is 0 Å². The van der Waals surface area contributed by atoms with Crippen molar-refractivity contribution in [3.05, 3.63) is 23.8 Å². The smallest absolute Gasteiger partial charge is 0.231 e. The molecule has 1 saturated heterocycles. The van der Waals surface area contributed by atoms with E-state index in [1.54, 1.807) is 0 Å². The van der Waals surface area contributed by atoms with Gasteiger partial charge in [-0.25, -0.2) is 0 Å². The summed E-state index contributed by atoms with van der Waals surface area (Å²) in [6, 6.07) is 5.97. The highest BCUT2D eigenvalue weighted by molar-refractivity contribution is 5.44. The third kappa shape index (κ3) is 3.72. The molecule has 0 unspecified atom stereocenters. The molecule has 0 amide bonds. The number of nitrogens with one attached hydrogen (secondary N) is 1. The fraction of sp³-hybridized carbons (Fsp3) is 0.647. The van der Waals surface area contributed by atoms with Crippen LogP contribution >= 0.6 is 0 Å². The Morgan fingerprint density at radius 1 is 1.23 bits per heavy atom. The molecule has 2 aliphatic heterocycles. The van der Waals surface area contributed by atoms with Crippen LogP contribution in [0.5, 0.6) is 11.5 Å². The van der Waals surface area contributed by atoms with Crippen LogP contribution in [0.1, 0.15) is 38.7 Å². The molecule has 1 atom stereocenters. The van der Waals surface area contributed by atoms with Gasteiger partial charge in [0.25, 0.3) is 0 Å². The average molecular weight is 307 g/mol. The van der Waals surface area contributed by atoms with Gasteiger partial charge >= 0.3 is 0 Å². The van der Waals surface area contributed by atoms with Gasteiger partial charge in [-0.1, -0.05) is 6.07 Å². The van der Waals surface area contributed by atoms with E-state index >= 15 is 0 Å². The zero-order chi connectivity index (χ0) is 15.6. The maximum atomic E-state index is 10.7. The Bertz CT molecular complexity index is 531. The highest BCUT2D eigenvalue weighted by Crippen LogP contribution is 2.34. The van der Waals surface area contributed by atoms with Crippen molar-refractivity contribution in [3.8, 4) is 11.5 Å². The fourth-order valence-electron chi connectivity index (χ4n) is 3.27. The molecule has 1 aromatic carbocycles. The summed E-state index contributed by atoms with van der Waals surface area (Å²) in [5, 5.41) is 14.1. The normalized spacial score (nSPS) is 26.1. The summed E-state index contributed by atoms with van der Waals surface area (Å²) in [4.78, 5) is 0. The summed E-state index contributed by atoms with van der Waals surface area (Å²) < 4.78 is 16.4. The predicted molar refractivity (Wildman–Crippen MR) is 83.1 cm³/mol. The van der Waals surface area contributed by atoms with Gasteiger partial charge in [0, 0.05) is 13.0 Å². The SMILES string of the molecule is CC1(C)C[C@](O)(CCNCc2ccc3c(c2)OCO3)CCO1. The lowest BCUT2D eigenvalue weighted by Crippen LogP contribution is -2.47. The summed E-state index contributed by atoms with van der Waals surface area (Å²) in [5.74, 6) is 1.62. The van der Waals surface area contributed by atoms with Crippen LogP contribution in [-0.2, 0) is 11.3 Å². The molecule has 0 aromatic heterocycles. The van der Waals surface area contributed by atoms with E-state index < -0.39 is 5.60 Å². The number of aliphatic hydroxyl groups is 1. The molecule has 2 heterocycles. The molecule has 0 bridgehead atoms. The predicted octanol–water partition coefficient (Wildman–Crippen LogP) is 2.22. The van der Waals surface area contributed by atoms with Gasteiger partial charge in [-0.2, -0.15) is 0 Å². The molecule has 5 nitrogen and oxygen atoms in total. The van der Waals surface area contributed by atoms with Crippen molar-refractivity contribution >= 4 is 0 Å². The van der Waals surface area contributed by atoms with Gasteiger partial charge in [0.15, 0.2) is 11.5 Å². The third-order valence-electron chi connectivity index (χ3n) is 4.35. The average Bonchev–Trinajstić information content (AvgIpc) is 2.89. The summed E-state index contributed by atoms with van der Waals surface area (Å²) in [5.41, 5.74) is 0.303. The van der Waals surface area contributed by atoms with Gasteiger partial charge in [0.2, 0.25) is 6.79 Å². The molecule has 2 N–H and O–H groups in total. The maximum Gasteiger partial charge on any atom is 0.231 e. The standard InChI is InChI=1S/C17H25NO4/c1-16(2)11-17(19,6-8-22-16)5-7-18-10-13-3-4-14-15(9-13)21-12-20-14/h3-4,9,18-19H,5-8,10-12H2,1-2H3/t17-/m0/s1. The minimum absolute atomic E-state index is 0.232. The minimum atomic E-state index is -0.621. The number of ether oxygens (including phenoxy) is 3. The van der Waals surface area contributed by atoms with E-state index in [0.717, 1.165) is 36.6 Å². The summed E-state index contributed by atoms with van der Waals surface area (Å²) in [6.07, 6.45) is 2.14. The first kappa shape index (κ1) is 15.6. The van der Waals surface area contributed by atoms with E-state index in [0.29, 0.717) is 26.2 Å². The highest BCUT2D eigenvalue weighted by atomic mass is 16.7. The molecule has 5 heteroatoms. The van der Waals surface area contributed by atoms with E-state index in [-0.39, 0.29) is 5.60 Å². The Morgan fingerprint density at radius 3 is 2.86 bits per heavy atom. The van der Waals surface area contributed by atoms with Crippen LogP contribution in [0.2, 0.25) is 0 Å². The molecule has 0 radical (unpaired) electrons. The minimum Gasteiger partial charge on any atom is -0.454 e. The van der Waals surface area contributed by atoms with Gasteiger partial charge in [-0.3, -0.25) is 0 Å². The summed E-state index contributed by atoms with van der Waals surface area (Å²) in [7, 11) is 0. The van der Waals surface area contributed by atoms with E-state index in [9.17, 15) is 5.11 Å². The van der Waals surface area contributed by atoms with Gasteiger partial charge in [0.1, 0.15) is 0 Å². The molecule has 122 valence electrons. The first-order valence-electron chi connectivity index (χ1n) is 7.91. The second-order valence-corrected chi connectivity index (χ2v) is 6.87. The van der Waals surface area contributed by atoms with Gasteiger partial charge in [-0.05, 0) is 50.9 Å². The third-order valence-corrected chi connectivity index (χ3v) is 4.35. The largest absolute Gasteiger partial charge is 0.454 e. The Hall–Kier alpha value is -1.30. The fourth-order valence-corrected chi connectivity index (χ4v) is 3.27. The molecule has 22 heavy (non-hydrogen) atoms. The number of fused-ring (bicyclic) bond motifs is 1. The molecule has 2 aliphatic rings. The molecule has 3 rings (SSSR count). The van der Waals surface area contributed by atoms with E-state index in [2.05, 4.69) is 5.32 Å². The zero-order valence-electron chi connectivity index (χ0n) is 13.4. The van der Waals surface area contributed by atoms with Crippen molar-refractivity contribution in [2.24, 2.45) is 0 Å². The monoisotopic (exact) mass is 307 g/mol. The highest BCUT2D eigenvalue weighted by Gasteiger charge is 2.38. The lowest BCUT2D eigenvalue weighted by molar-refractivity contribution is -0.146. The van der Waals surface area contributed by atoms with Crippen LogP contribution < -0.4 is 14.8 Å². The van der Waals surface area contributed by atoms with Crippen molar-refractivity contribution in [1.82, 2.24) is 5.32 Å². The van der Waals surface area contributed by atoms with E-state index in [1.807, 2.05) is 32.0 Å². The van der Waals surface area contributed by atoms with Crippen molar-refractivity contribution in [3.63, 3.8) is 0 Å². The first-order valence-corrected chi connectivity index (χ1v) is 7.91. The number of hydrogen-bond donors (Lipinski definition) is 2. The van der Waals surface area contributed by atoms with Crippen LogP contribution in [0.4, 0.5) is 0 Å². The second-order valence-electron chi connectivity index (χ2n) is 6.87. The molecule has 1 aromatic rings. The second kappa shape index (κ2) is 6.07. The Morgan fingerprint density at radius 2 is 2.05 bits per heavy atom. The zero-order valence-corrected chi connectivity index (χ0v) is 13.4. The van der Waals surface area contributed by atoms with E-state index in [4.69, 9.17) is 14.2 Å². The van der Waals surface area contributed by atoms with Crippen LogP contribution in [-0.4, -0.2) is 36.3 Å². The number of benzene rings is 1. The van der Waals surface area contributed by atoms with Crippen LogP contribution in [0, 0.1) is 0 Å². The van der Waals surface area contributed by atoms with Gasteiger partial charge in [0.05, 0.1) is 17.8 Å². The summed E-state index contributed by atoms with van der Waals surface area (Å²) in [6.45, 7) is 6.55. The molecular formula is C17H25NO4. The molecular weight excluding hydrogens is 282 g/mol. The van der Waals surface area contributed by atoms with Crippen LogP contribution in [0.25, 0.3) is 0 Å². The quantitative estimate of drug-likeness (QED) is 0.817. The molecule has 1 fully saturated rings. The Labute approximate surface area is 131 Å². The maximum absolute atomic E-state index is 10.7.